The molecule has 1 fully saturated rings. The zero-order valence-corrected chi connectivity index (χ0v) is 11.1. The van der Waals surface area contributed by atoms with Crippen molar-refractivity contribution >= 4 is 27.5 Å². The quantitative estimate of drug-likeness (QED) is 0.817. The molecule has 0 aromatic heterocycles. The molecule has 0 amide bonds. The Hall–Kier alpha value is -0.720. The van der Waals surface area contributed by atoms with Crippen LogP contribution in [0.4, 0.5) is 5.69 Å². The maximum absolute atomic E-state index is 12.1. The average Bonchev–Trinajstić information content (AvgIpc) is 2.30. The second kappa shape index (κ2) is 5.29. The van der Waals surface area contributed by atoms with Crippen LogP contribution in [0.15, 0.2) is 29.2 Å². The van der Waals surface area contributed by atoms with Gasteiger partial charge in [0.05, 0.1) is 5.69 Å². The highest BCUT2D eigenvalue weighted by Gasteiger charge is 2.23. The van der Waals surface area contributed by atoms with Crippen LogP contribution in [-0.2, 0) is 10.0 Å². The van der Waals surface area contributed by atoms with E-state index < -0.39 is 10.0 Å². The molecular weight excluding hydrogens is 256 g/mol. The molecule has 0 saturated carbocycles. The van der Waals surface area contributed by atoms with Crippen molar-refractivity contribution in [3.8, 4) is 0 Å². The Morgan fingerprint density at radius 3 is 2.53 bits per heavy atom. The van der Waals surface area contributed by atoms with Crippen molar-refractivity contribution < 1.29 is 8.42 Å². The number of anilines is 1. The van der Waals surface area contributed by atoms with Crippen LogP contribution in [0.5, 0.6) is 0 Å². The summed E-state index contributed by atoms with van der Waals surface area (Å²) in [6.45, 7) is 0. The Bertz CT molecular complexity index is 482. The van der Waals surface area contributed by atoms with E-state index in [1.165, 1.54) is 6.07 Å². The summed E-state index contributed by atoms with van der Waals surface area (Å²) in [6, 6.07) is 6.59. The lowest BCUT2D eigenvalue weighted by Gasteiger charge is -2.22. The van der Waals surface area contributed by atoms with E-state index in [0.717, 1.165) is 24.3 Å². The summed E-state index contributed by atoms with van der Waals surface area (Å²) in [5.41, 5.74) is 5.98. The monoisotopic (exact) mass is 272 g/mol. The van der Waals surface area contributed by atoms with Crippen molar-refractivity contribution in [2.75, 3.05) is 17.2 Å². The summed E-state index contributed by atoms with van der Waals surface area (Å²) in [5, 5.41) is 0. The predicted molar refractivity (Wildman–Crippen MR) is 71.5 cm³/mol. The molecule has 2 rings (SSSR count). The Kier molecular flexibility index (Phi) is 3.96. The predicted octanol–water partition coefficient (Wildman–Crippen LogP) is 1.44. The topological polar surface area (TPSA) is 72.2 Å². The minimum atomic E-state index is -3.47. The molecule has 0 bridgehead atoms. The van der Waals surface area contributed by atoms with E-state index in [9.17, 15) is 8.42 Å². The van der Waals surface area contributed by atoms with Crippen molar-refractivity contribution in [2.45, 2.75) is 23.8 Å². The van der Waals surface area contributed by atoms with E-state index in [1.54, 1.807) is 18.2 Å². The van der Waals surface area contributed by atoms with Gasteiger partial charge in [-0.1, -0.05) is 12.1 Å². The smallest absolute Gasteiger partial charge is 0.242 e. The van der Waals surface area contributed by atoms with Gasteiger partial charge >= 0.3 is 0 Å². The molecule has 0 aliphatic carbocycles. The number of rotatable bonds is 3. The number of nitrogen functional groups attached to an aromatic ring is 1. The highest BCUT2D eigenvalue weighted by Crippen LogP contribution is 2.21. The Morgan fingerprint density at radius 1 is 1.24 bits per heavy atom. The zero-order valence-electron chi connectivity index (χ0n) is 9.43. The zero-order chi connectivity index (χ0) is 12.3. The first-order chi connectivity index (χ1) is 8.09. The molecule has 1 aromatic carbocycles. The molecule has 0 unspecified atom stereocenters. The van der Waals surface area contributed by atoms with Gasteiger partial charge in [0.25, 0.3) is 0 Å². The molecule has 1 aliphatic heterocycles. The molecule has 0 spiro atoms. The second-order valence-corrected chi connectivity index (χ2v) is 6.95. The van der Waals surface area contributed by atoms with Crippen molar-refractivity contribution in [2.24, 2.45) is 0 Å². The number of hydrogen-bond donors (Lipinski definition) is 2. The molecule has 1 heterocycles. The van der Waals surface area contributed by atoms with Gasteiger partial charge in [-0.2, -0.15) is 11.8 Å². The lowest BCUT2D eigenvalue weighted by atomic mass is 10.2. The summed E-state index contributed by atoms with van der Waals surface area (Å²) in [6.07, 6.45) is 1.77. The van der Waals surface area contributed by atoms with Crippen LogP contribution in [0.3, 0.4) is 0 Å². The van der Waals surface area contributed by atoms with Gasteiger partial charge in [0, 0.05) is 6.04 Å². The summed E-state index contributed by atoms with van der Waals surface area (Å²) in [7, 11) is -3.47. The van der Waals surface area contributed by atoms with Gasteiger partial charge in [0.2, 0.25) is 10.0 Å². The highest BCUT2D eigenvalue weighted by molar-refractivity contribution is 7.99. The number of benzene rings is 1. The van der Waals surface area contributed by atoms with Crippen molar-refractivity contribution in [1.29, 1.82) is 0 Å². The number of hydrogen-bond acceptors (Lipinski definition) is 4. The Balaban J connectivity index is 2.16. The third-order valence-corrected chi connectivity index (χ3v) is 5.39. The normalized spacial score (nSPS) is 18.1. The van der Waals surface area contributed by atoms with Crippen molar-refractivity contribution in [1.82, 2.24) is 4.72 Å². The van der Waals surface area contributed by atoms with E-state index >= 15 is 0 Å². The van der Waals surface area contributed by atoms with E-state index in [-0.39, 0.29) is 10.9 Å². The summed E-state index contributed by atoms with van der Waals surface area (Å²) >= 11 is 1.86. The van der Waals surface area contributed by atoms with E-state index in [1.807, 2.05) is 11.8 Å². The van der Waals surface area contributed by atoms with Gasteiger partial charge in [-0.25, -0.2) is 13.1 Å². The van der Waals surface area contributed by atoms with Gasteiger partial charge in [-0.05, 0) is 36.5 Å². The van der Waals surface area contributed by atoms with Gasteiger partial charge < -0.3 is 5.73 Å². The minimum Gasteiger partial charge on any atom is -0.398 e. The fraction of sp³-hybridized carbons (Fsp3) is 0.455. The first kappa shape index (κ1) is 12.7. The minimum absolute atomic E-state index is 0.0425. The van der Waals surface area contributed by atoms with E-state index in [0.29, 0.717) is 5.69 Å². The van der Waals surface area contributed by atoms with Crippen LogP contribution < -0.4 is 10.5 Å². The molecule has 94 valence electrons. The molecule has 1 aromatic rings. The number of nitrogens with one attached hydrogen (secondary N) is 1. The molecule has 4 nitrogen and oxygen atoms in total. The van der Waals surface area contributed by atoms with E-state index in [4.69, 9.17) is 5.73 Å². The van der Waals surface area contributed by atoms with Crippen molar-refractivity contribution in [3.63, 3.8) is 0 Å². The highest BCUT2D eigenvalue weighted by atomic mass is 32.2. The first-order valence-electron chi connectivity index (χ1n) is 5.54. The fourth-order valence-corrected chi connectivity index (χ4v) is 4.37. The SMILES string of the molecule is Nc1ccccc1S(=O)(=O)NC1CCSCC1. The van der Waals surface area contributed by atoms with E-state index in [2.05, 4.69) is 4.72 Å². The lowest BCUT2D eigenvalue weighted by Crippen LogP contribution is -2.37. The first-order valence-corrected chi connectivity index (χ1v) is 8.18. The molecule has 6 heteroatoms. The Labute approximate surface area is 106 Å². The molecule has 0 atom stereocenters. The molecule has 3 N–H and O–H groups in total. The number of para-hydroxylation sites is 1. The molecule has 1 aliphatic rings. The van der Waals surface area contributed by atoms with Gasteiger partial charge in [0.15, 0.2) is 0 Å². The van der Waals surface area contributed by atoms with Crippen LogP contribution in [0.25, 0.3) is 0 Å². The average molecular weight is 272 g/mol. The summed E-state index contributed by atoms with van der Waals surface area (Å²) in [4.78, 5) is 0.179. The second-order valence-electron chi connectivity index (χ2n) is 4.05. The van der Waals surface area contributed by atoms with Crippen LogP contribution in [0, 0.1) is 0 Å². The maximum atomic E-state index is 12.1. The molecule has 0 radical (unpaired) electrons. The standard InChI is InChI=1S/C11H16N2O2S2/c12-10-3-1-2-4-11(10)17(14,15)13-9-5-7-16-8-6-9/h1-4,9,13H,5-8,12H2. The van der Waals surface area contributed by atoms with Crippen LogP contribution in [0.1, 0.15) is 12.8 Å². The summed E-state index contributed by atoms with van der Waals surface area (Å²) in [5.74, 6) is 2.02. The molecular formula is C11H16N2O2S2. The number of nitrogens with two attached hydrogens (primary N) is 1. The number of sulfonamides is 1. The van der Waals surface area contributed by atoms with Crippen LogP contribution in [0.2, 0.25) is 0 Å². The maximum Gasteiger partial charge on any atom is 0.242 e. The van der Waals surface area contributed by atoms with Crippen molar-refractivity contribution in [3.05, 3.63) is 24.3 Å². The summed E-state index contributed by atoms with van der Waals surface area (Å²) < 4.78 is 27.0. The van der Waals surface area contributed by atoms with Gasteiger partial charge in [-0.3, -0.25) is 0 Å². The Morgan fingerprint density at radius 2 is 1.88 bits per heavy atom. The molecule has 17 heavy (non-hydrogen) atoms. The van der Waals surface area contributed by atoms with Gasteiger partial charge in [0.1, 0.15) is 4.90 Å². The number of thioether (sulfide) groups is 1. The van der Waals surface area contributed by atoms with Gasteiger partial charge in [-0.15, -0.1) is 0 Å². The molecule has 1 saturated heterocycles. The van der Waals surface area contributed by atoms with Crippen LogP contribution >= 0.6 is 11.8 Å². The van der Waals surface area contributed by atoms with Crippen LogP contribution in [-0.4, -0.2) is 26.0 Å². The fourth-order valence-electron chi connectivity index (χ4n) is 1.82. The largest absolute Gasteiger partial charge is 0.398 e. The third-order valence-electron chi connectivity index (χ3n) is 2.75. The third kappa shape index (κ3) is 3.14. The lowest BCUT2D eigenvalue weighted by molar-refractivity contribution is 0.529.